The van der Waals surface area contributed by atoms with Crippen LogP contribution in [0.1, 0.15) is 6.92 Å². The predicted molar refractivity (Wildman–Crippen MR) is 229 cm³/mol. The SMILES string of the molecule is CC1C=CC=CC1N(c1ccccc1)c1ccc2c(c1)c1cc(N(c3ccccc3)c3ccccc3)ccc1n2-c1ccc(-c2cnc3nccnc3n2)cc1. The Hall–Kier alpha value is -7.38. The molecule has 1 aliphatic carbocycles. The molecule has 9 aromatic rings. The fourth-order valence-corrected chi connectivity index (χ4v) is 7.96. The molecule has 0 aliphatic heterocycles. The van der Waals surface area contributed by atoms with Crippen LogP contribution in [0.5, 0.6) is 0 Å². The third-order valence-electron chi connectivity index (χ3n) is 10.6. The summed E-state index contributed by atoms with van der Waals surface area (Å²) in [6.45, 7) is 2.29. The number of benzene rings is 6. The highest BCUT2D eigenvalue weighted by Gasteiger charge is 2.26. The molecular weight excluding hydrogens is 687 g/mol. The minimum Gasteiger partial charge on any atom is -0.334 e. The van der Waals surface area contributed by atoms with Gasteiger partial charge in [0.05, 0.1) is 29.0 Å². The average molecular weight is 724 g/mol. The molecule has 1 aliphatic rings. The Balaban J connectivity index is 1.17. The van der Waals surface area contributed by atoms with Gasteiger partial charge in [-0.3, -0.25) is 0 Å². The molecule has 0 saturated carbocycles. The van der Waals surface area contributed by atoms with Crippen LogP contribution in [0.2, 0.25) is 0 Å². The maximum Gasteiger partial charge on any atom is 0.198 e. The minimum atomic E-state index is 0.159. The van der Waals surface area contributed by atoms with E-state index in [1.165, 1.54) is 10.8 Å². The van der Waals surface area contributed by atoms with Crippen LogP contribution in [0.25, 0.3) is 50.0 Å². The van der Waals surface area contributed by atoms with Gasteiger partial charge in [-0.1, -0.05) is 98.0 Å². The molecule has 0 fully saturated rings. The first kappa shape index (κ1) is 33.2. The van der Waals surface area contributed by atoms with Crippen LogP contribution < -0.4 is 9.80 Å². The number of nitrogens with zero attached hydrogens (tertiary/aromatic N) is 7. The van der Waals surface area contributed by atoms with E-state index >= 15 is 0 Å². The van der Waals surface area contributed by atoms with Crippen molar-refractivity contribution in [3.63, 3.8) is 0 Å². The summed E-state index contributed by atoms with van der Waals surface area (Å²) in [6, 6.07) is 54.3. The van der Waals surface area contributed by atoms with Gasteiger partial charge < -0.3 is 14.4 Å². The van der Waals surface area contributed by atoms with E-state index in [2.05, 4.69) is 212 Å². The Bertz CT molecular complexity index is 2850. The molecule has 56 heavy (non-hydrogen) atoms. The van der Waals surface area contributed by atoms with Crippen molar-refractivity contribution in [1.29, 1.82) is 0 Å². The molecule has 7 heteroatoms. The first-order valence-corrected chi connectivity index (χ1v) is 18.9. The minimum absolute atomic E-state index is 0.159. The average Bonchev–Trinajstić information content (AvgIpc) is 3.58. The third-order valence-corrected chi connectivity index (χ3v) is 10.6. The largest absolute Gasteiger partial charge is 0.334 e. The highest BCUT2D eigenvalue weighted by Crippen LogP contribution is 2.42. The number of aromatic nitrogens is 5. The molecule has 2 atom stereocenters. The van der Waals surface area contributed by atoms with Crippen LogP contribution >= 0.6 is 0 Å². The summed E-state index contributed by atoms with van der Waals surface area (Å²) in [7, 11) is 0. The summed E-state index contributed by atoms with van der Waals surface area (Å²) < 4.78 is 2.37. The fraction of sp³-hybridized carbons (Fsp3) is 0.0612. The molecule has 268 valence electrons. The lowest BCUT2D eigenvalue weighted by Crippen LogP contribution is -2.35. The van der Waals surface area contributed by atoms with Gasteiger partial charge in [-0.15, -0.1) is 0 Å². The highest BCUT2D eigenvalue weighted by molar-refractivity contribution is 6.12. The van der Waals surface area contributed by atoms with E-state index in [0.29, 0.717) is 17.2 Å². The van der Waals surface area contributed by atoms with E-state index < -0.39 is 0 Å². The van der Waals surface area contributed by atoms with Crippen molar-refractivity contribution in [3.8, 4) is 16.9 Å². The molecule has 0 radical (unpaired) electrons. The van der Waals surface area contributed by atoms with Gasteiger partial charge in [0, 0.05) is 62.9 Å². The molecule has 10 rings (SSSR count). The van der Waals surface area contributed by atoms with Crippen LogP contribution in [-0.2, 0) is 0 Å². The van der Waals surface area contributed by atoms with E-state index in [0.717, 1.165) is 56.4 Å². The molecule has 0 saturated heterocycles. The van der Waals surface area contributed by atoms with E-state index in [9.17, 15) is 0 Å². The monoisotopic (exact) mass is 723 g/mol. The predicted octanol–water partition coefficient (Wildman–Crippen LogP) is 11.9. The molecule has 3 aromatic heterocycles. The van der Waals surface area contributed by atoms with Crippen molar-refractivity contribution in [2.45, 2.75) is 13.0 Å². The highest BCUT2D eigenvalue weighted by atomic mass is 15.2. The van der Waals surface area contributed by atoms with Crippen molar-refractivity contribution in [2.75, 3.05) is 9.80 Å². The van der Waals surface area contributed by atoms with Gasteiger partial charge in [0.15, 0.2) is 11.3 Å². The second-order valence-corrected chi connectivity index (χ2v) is 14.1. The van der Waals surface area contributed by atoms with Crippen LogP contribution in [-0.4, -0.2) is 30.5 Å². The zero-order valence-corrected chi connectivity index (χ0v) is 30.8. The zero-order valence-electron chi connectivity index (χ0n) is 30.8. The summed E-state index contributed by atoms with van der Waals surface area (Å²) in [5.41, 5.74) is 11.7. The summed E-state index contributed by atoms with van der Waals surface area (Å²) >= 11 is 0. The fourth-order valence-electron chi connectivity index (χ4n) is 7.96. The van der Waals surface area contributed by atoms with Crippen molar-refractivity contribution in [2.24, 2.45) is 5.92 Å². The van der Waals surface area contributed by atoms with Crippen LogP contribution in [0.4, 0.5) is 28.4 Å². The van der Waals surface area contributed by atoms with E-state index in [-0.39, 0.29) is 6.04 Å². The first-order valence-electron chi connectivity index (χ1n) is 18.9. The molecular formula is C49H37N7. The summed E-state index contributed by atoms with van der Waals surface area (Å²) in [5, 5.41) is 2.34. The van der Waals surface area contributed by atoms with Crippen molar-refractivity contribution in [3.05, 3.63) is 195 Å². The zero-order chi connectivity index (χ0) is 37.4. The van der Waals surface area contributed by atoms with Gasteiger partial charge in [-0.25, -0.2) is 19.9 Å². The van der Waals surface area contributed by atoms with E-state index in [4.69, 9.17) is 4.98 Å². The van der Waals surface area contributed by atoms with Gasteiger partial charge >= 0.3 is 0 Å². The maximum atomic E-state index is 4.75. The van der Waals surface area contributed by atoms with Crippen LogP contribution in [0.15, 0.2) is 195 Å². The van der Waals surface area contributed by atoms with Gasteiger partial charge in [0.25, 0.3) is 0 Å². The van der Waals surface area contributed by atoms with E-state index in [1.54, 1.807) is 18.6 Å². The molecule has 0 amide bonds. The molecule has 0 N–H and O–H groups in total. The molecule has 0 bridgehead atoms. The second kappa shape index (κ2) is 14.1. The summed E-state index contributed by atoms with van der Waals surface area (Å²) in [6.07, 6.45) is 14.0. The smallest absolute Gasteiger partial charge is 0.198 e. The van der Waals surface area contributed by atoms with Gasteiger partial charge in [-0.2, -0.15) is 0 Å². The lowest BCUT2D eigenvalue weighted by atomic mass is 9.94. The van der Waals surface area contributed by atoms with Gasteiger partial charge in [-0.05, 0) is 90.8 Å². The maximum absolute atomic E-state index is 4.75. The second-order valence-electron chi connectivity index (χ2n) is 14.1. The Morgan fingerprint density at radius 2 is 1.09 bits per heavy atom. The molecule has 7 nitrogen and oxygen atoms in total. The normalized spacial score (nSPS) is 15.1. The molecule has 2 unspecified atom stereocenters. The number of rotatable bonds is 8. The van der Waals surface area contributed by atoms with Gasteiger partial charge in [0.2, 0.25) is 0 Å². The van der Waals surface area contributed by atoms with Gasteiger partial charge in [0.1, 0.15) is 0 Å². The Kier molecular flexibility index (Phi) is 8.37. The lowest BCUT2D eigenvalue weighted by molar-refractivity contribution is 0.609. The Morgan fingerprint density at radius 3 is 1.73 bits per heavy atom. The Labute approximate surface area is 325 Å². The summed E-state index contributed by atoms with van der Waals surface area (Å²) in [5.74, 6) is 0.326. The van der Waals surface area contributed by atoms with Crippen LogP contribution in [0, 0.1) is 5.92 Å². The van der Waals surface area contributed by atoms with Crippen molar-refractivity contribution in [1.82, 2.24) is 24.5 Å². The quantitative estimate of drug-likeness (QED) is 0.156. The molecule has 3 heterocycles. The van der Waals surface area contributed by atoms with Crippen LogP contribution in [0.3, 0.4) is 0 Å². The third kappa shape index (κ3) is 5.96. The summed E-state index contributed by atoms with van der Waals surface area (Å²) in [4.78, 5) is 22.7. The molecule has 6 aromatic carbocycles. The van der Waals surface area contributed by atoms with Crippen molar-refractivity contribution >= 4 is 61.5 Å². The topological polar surface area (TPSA) is 63.0 Å². The number of allylic oxidation sites excluding steroid dienone is 2. The number of fused-ring (bicyclic) bond motifs is 4. The number of anilines is 5. The first-order chi connectivity index (χ1) is 27.7. The van der Waals surface area contributed by atoms with E-state index in [1.807, 2.05) is 0 Å². The Morgan fingerprint density at radius 1 is 0.518 bits per heavy atom. The number of hydrogen-bond acceptors (Lipinski definition) is 6. The standard InChI is InChI=1S/C49H37N7/c1-34-13-11-12-20-45(34)55(38-18-9-4-10-19-38)41-26-28-47-43(32-41)42-31-40(54(36-14-5-2-6-15-36)37-16-7-3-8-17-37)25-27-46(42)56(47)39-23-21-35(22-24-39)44-33-52-48-49(53-44)51-30-29-50-48/h2-34,45H,1H3. The number of para-hydroxylation sites is 3. The number of hydrogen-bond donors (Lipinski definition) is 0. The van der Waals surface area contributed by atoms with Crippen molar-refractivity contribution < 1.29 is 0 Å². The lowest BCUT2D eigenvalue weighted by Gasteiger charge is -2.36. The molecule has 0 spiro atoms.